The third-order valence-corrected chi connectivity index (χ3v) is 3.05. The Morgan fingerprint density at radius 3 is 2.79 bits per heavy atom. The number of carboxylic acids is 1. The molecule has 0 saturated heterocycles. The van der Waals surface area contributed by atoms with Gasteiger partial charge in [-0.05, 0) is 40.8 Å². The van der Waals surface area contributed by atoms with Crippen LogP contribution in [0, 0.1) is 14.9 Å². The fourth-order valence-electron chi connectivity index (χ4n) is 1.30. The number of nitrogens with zero attached hydrogens (tertiary/aromatic N) is 3. The Labute approximate surface area is 121 Å². The van der Waals surface area contributed by atoms with Gasteiger partial charge in [-0.2, -0.15) is 5.26 Å². The van der Waals surface area contributed by atoms with Crippen molar-refractivity contribution in [2.45, 2.75) is 0 Å². The van der Waals surface area contributed by atoms with Crippen molar-refractivity contribution >= 4 is 28.6 Å². The molecule has 0 radical (unpaired) electrons. The highest BCUT2D eigenvalue weighted by Crippen LogP contribution is 2.27. The third kappa shape index (κ3) is 2.97. The van der Waals surface area contributed by atoms with Crippen LogP contribution in [0.2, 0.25) is 0 Å². The van der Waals surface area contributed by atoms with Crippen molar-refractivity contribution in [2.75, 3.05) is 0 Å². The maximum Gasteiger partial charge on any atom is 0.335 e. The van der Waals surface area contributed by atoms with Crippen LogP contribution in [0.5, 0.6) is 11.6 Å². The molecular weight excluding hydrogens is 361 g/mol. The van der Waals surface area contributed by atoms with Gasteiger partial charge in [-0.25, -0.2) is 14.8 Å². The van der Waals surface area contributed by atoms with E-state index in [1.54, 1.807) is 6.07 Å². The van der Waals surface area contributed by atoms with Crippen LogP contribution in [0.15, 0.2) is 30.6 Å². The molecule has 7 heteroatoms. The molecule has 1 heterocycles. The Kier molecular flexibility index (Phi) is 3.91. The molecule has 1 aromatic carbocycles. The number of carboxylic acid groups (broad SMARTS) is 1. The number of nitriles is 1. The number of hydrogen-bond acceptors (Lipinski definition) is 5. The van der Waals surface area contributed by atoms with Gasteiger partial charge in [-0.15, -0.1) is 0 Å². The van der Waals surface area contributed by atoms with Gasteiger partial charge in [-0.3, -0.25) is 0 Å². The first-order valence-corrected chi connectivity index (χ1v) is 6.11. The number of rotatable bonds is 3. The summed E-state index contributed by atoms with van der Waals surface area (Å²) in [6, 6.07) is 6.31. The van der Waals surface area contributed by atoms with Crippen molar-refractivity contribution in [2.24, 2.45) is 0 Å². The molecule has 0 unspecified atom stereocenters. The standard InChI is InChI=1S/C12H6IN3O3/c13-8-2-1-7(12(17)18)5-10(8)19-11-9(6-14)15-3-4-16-11/h1-5H,(H,17,18). The van der Waals surface area contributed by atoms with Gasteiger partial charge in [0.15, 0.2) is 0 Å². The van der Waals surface area contributed by atoms with E-state index in [-0.39, 0.29) is 17.1 Å². The van der Waals surface area contributed by atoms with E-state index in [1.807, 2.05) is 28.7 Å². The second kappa shape index (κ2) is 5.62. The van der Waals surface area contributed by atoms with Crippen molar-refractivity contribution in [1.29, 1.82) is 5.26 Å². The molecular formula is C12H6IN3O3. The topological polar surface area (TPSA) is 96.1 Å². The maximum absolute atomic E-state index is 10.9. The molecule has 0 aliphatic rings. The highest BCUT2D eigenvalue weighted by Gasteiger charge is 2.12. The van der Waals surface area contributed by atoms with Crippen LogP contribution in [0.25, 0.3) is 0 Å². The summed E-state index contributed by atoms with van der Waals surface area (Å²) >= 11 is 2.00. The van der Waals surface area contributed by atoms with Crippen molar-refractivity contribution in [1.82, 2.24) is 9.97 Å². The molecule has 1 aromatic heterocycles. The van der Waals surface area contributed by atoms with Gasteiger partial charge in [0.25, 0.3) is 5.88 Å². The number of halogens is 1. The Morgan fingerprint density at radius 1 is 1.37 bits per heavy atom. The molecule has 94 valence electrons. The zero-order chi connectivity index (χ0) is 13.8. The lowest BCUT2D eigenvalue weighted by Gasteiger charge is -2.08. The van der Waals surface area contributed by atoms with E-state index < -0.39 is 5.97 Å². The number of aromatic nitrogens is 2. The van der Waals surface area contributed by atoms with Gasteiger partial charge in [0.1, 0.15) is 11.8 Å². The number of carbonyl (C=O) groups is 1. The summed E-state index contributed by atoms with van der Waals surface area (Å²) in [5.41, 5.74) is 0.136. The maximum atomic E-state index is 10.9. The quantitative estimate of drug-likeness (QED) is 0.838. The van der Waals surface area contributed by atoms with Crippen molar-refractivity contribution in [3.8, 4) is 17.7 Å². The fourth-order valence-corrected chi connectivity index (χ4v) is 1.74. The number of ether oxygens (including phenoxy) is 1. The second-order valence-corrected chi connectivity index (χ2v) is 4.54. The molecule has 0 spiro atoms. The van der Waals surface area contributed by atoms with E-state index in [2.05, 4.69) is 9.97 Å². The Morgan fingerprint density at radius 2 is 2.11 bits per heavy atom. The summed E-state index contributed by atoms with van der Waals surface area (Å²) in [6.45, 7) is 0. The highest BCUT2D eigenvalue weighted by atomic mass is 127. The summed E-state index contributed by atoms with van der Waals surface area (Å²) in [5, 5.41) is 17.8. The minimum Gasteiger partial charge on any atom is -0.478 e. The van der Waals surface area contributed by atoms with Gasteiger partial charge in [0.2, 0.25) is 5.69 Å². The summed E-state index contributed by atoms with van der Waals surface area (Å²) < 4.78 is 6.16. The Hall–Kier alpha value is -2.21. The minimum absolute atomic E-state index is 0.0408. The average molecular weight is 367 g/mol. The van der Waals surface area contributed by atoms with E-state index in [9.17, 15) is 4.79 Å². The van der Waals surface area contributed by atoms with Gasteiger partial charge < -0.3 is 9.84 Å². The molecule has 2 rings (SSSR count). The molecule has 0 bridgehead atoms. The Balaban J connectivity index is 2.41. The van der Waals surface area contributed by atoms with Crippen LogP contribution in [0.1, 0.15) is 16.1 Å². The third-order valence-electron chi connectivity index (χ3n) is 2.16. The summed E-state index contributed by atoms with van der Waals surface area (Å²) in [4.78, 5) is 18.6. The van der Waals surface area contributed by atoms with E-state index >= 15 is 0 Å². The molecule has 0 saturated carbocycles. The van der Waals surface area contributed by atoms with Gasteiger partial charge in [0.05, 0.1) is 9.13 Å². The summed E-state index contributed by atoms with van der Waals surface area (Å²) in [6.07, 6.45) is 2.77. The van der Waals surface area contributed by atoms with Crippen LogP contribution in [0.3, 0.4) is 0 Å². The van der Waals surface area contributed by atoms with Crippen molar-refractivity contribution in [3.05, 3.63) is 45.4 Å². The normalized spacial score (nSPS) is 9.68. The van der Waals surface area contributed by atoms with Crippen LogP contribution >= 0.6 is 22.6 Å². The predicted octanol–water partition coefficient (Wildman–Crippen LogP) is 2.44. The molecule has 0 fully saturated rings. The zero-order valence-corrected chi connectivity index (χ0v) is 11.5. The molecule has 0 aliphatic heterocycles. The summed E-state index contributed by atoms with van der Waals surface area (Å²) in [5.74, 6) is -0.691. The highest BCUT2D eigenvalue weighted by molar-refractivity contribution is 14.1. The molecule has 0 atom stereocenters. The zero-order valence-electron chi connectivity index (χ0n) is 9.37. The average Bonchev–Trinajstić information content (AvgIpc) is 2.41. The first-order chi connectivity index (χ1) is 9.11. The predicted molar refractivity (Wildman–Crippen MR) is 72.9 cm³/mol. The van der Waals surface area contributed by atoms with Crippen LogP contribution in [0.4, 0.5) is 0 Å². The van der Waals surface area contributed by atoms with Crippen LogP contribution in [-0.4, -0.2) is 21.0 Å². The first kappa shape index (κ1) is 13.2. The summed E-state index contributed by atoms with van der Waals surface area (Å²) in [7, 11) is 0. The molecule has 6 nitrogen and oxygen atoms in total. The van der Waals surface area contributed by atoms with Crippen LogP contribution in [-0.2, 0) is 0 Å². The monoisotopic (exact) mass is 367 g/mol. The number of aromatic carboxylic acids is 1. The lowest BCUT2D eigenvalue weighted by Crippen LogP contribution is -1.99. The minimum atomic E-state index is -1.05. The van der Waals surface area contributed by atoms with Gasteiger partial charge in [-0.1, -0.05) is 0 Å². The second-order valence-electron chi connectivity index (χ2n) is 3.37. The number of hydrogen-bond donors (Lipinski definition) is 1. The molecule has 2 aromatic rings. The van der Waals surface area contributed by atoms with Crippen molar-refractivity contribution < 1.29 is 14.6 Å². The van der Waals surface area contributed by atoms with E-state index in [1.165, 1.54) is 24.5 Å². The Bertz CT molecular complexity index is 682. The number of benzene rings is 1. The molecule has 0 amide bonds. The van der Waals surface area contributed by atoms with E-state index in [4.69, 9.17) is 15.1 Å². The van der Waals surface area contributed by atoms with Crippen LogP contribution < -0.4 is 4.74 Å². The van der Waals surface area contributed by atoms with Gasteiger partial charge in [0, 0.05) is 12.4 Å². The lowest BCUT2D eigenvalue weighted by molar-refractivity contribution is 0.0696. The first-order valence-electron chi connectivity index (χ1n) is 5.03. The molecule has 19 heavy (non-hydrogen) atoms. The van der Waals surface area contributed by atoms with E-state index in [0.717, 1.165) is 0 Å². The molecule has 0 aliphatic carbocycles. The smallest absolute Gasteiger partial charge is 0.335 e. The fraction of sp³-hybridized carbons (Fsp3) is 0. The van der Waals surface area contributed by atoms with E-state index in [0.29, 0.717) is 9.32 Å². The SMILES string of the molecule is N#Cc1nccnc1Oc1cc(C(=O)O)ccc1I. The van der Waals surface area contributed by atoms with Crippen molar-refractivity contribution in [3.63, 3.8) is 0 Å². The lowest BCUT2D eigenvalue weighted by atomic mass is 10.2. The van der Waals surface area contributed by atoms with Gasteiger partial charge >= 0.3 is 5.97 Å². The molecule has 1 N–H and O–H groups in total. The largest absolute Gasteiger partial charge is 0.478 e.